The Morgan fingerprint density at radius 3 is 2.68 bits per heavy atom. The smallest absolute Gasteiger partial charge is 0.293 e. The highest BCUT2D eigenvalue weighted by Crippen LogP contribution is 2.38. The van der Waals surface area contributed by atoms with Gasteiger partial charge in [0.05, 0.1) is 4.91 Å². The monoisotopic (exact) mass is 319 g/mol. The van der Waals surface area contributed by atoms with Gasteiger partial charge in [0.2, 0.25) is 6.79 Å². The number of ether oxygens (including phenoxy) is 2. The number of hydrogen-bond donors (Lipinski definition) is 0. The third-order valence-electron chi connectivity index (χ3n) is 3.90. The molecule has 1 atom stereocenters. The molecule has 0 N–H and O–H groups in total. The van der Waals surface area contributed by atoms with Gasteiger partial charge >= 0.3 is 0 Å². The first kappa shape index (κ1) is 15.0. The molecule has 2 heterocycles. The highest BCUT2D eigenvalue weighted by atomic mass is 32.2. The number of amides is 2. The lowest BCUT2D eigenvalue weighted by Crippen LogP contribution is -2.36. The molecule has 2 amide bonds. The van der Waals surface area contributed by atoms with Gasteiger partial charge in [0.15, 0.2) is 11.5 Å². The Hall–Kier alpha value is -1.95. The molecule has 0 aromatic heterocycles. The second-order valence-corrected chi connectivity index (χ2v) is 6.36. The molecular weight excluding hydrogens is 302 g/mol. The normalized spacial score (nSPS) is 20.1. The Labute approximate surface area is 133 Å². The van der Waals surface area contributed by atoms with E-state index in [0.717, 1.165) is 29.3 Å². The molecule has 1 fully saturated rings. The molecule has 5 nitrogen and oxygen atoms in total. The number of thioether (sulfide) groups is 1. The minimum absolute atomic E-state index is 0.0868. The van der Waals surface area contributed by atoms with E-state index < -0.39 is 0 Å². The van der Waals surface area contributed by atoms with Gasteiger partial charge in [0.1, 0.15) is 0 Å². The zero-order chi connectivity index (χ0) is 15.9. The van der Waals surface area contributed by atoms with E-state index in [0.29, 0.717) is 16.4 Å². The average Bonchev–Trinajstić information content (AvgIpc) is 3.03. The van der Waals surface area contributed by atoms with E-state index in [9.17, 15) is 9.59 Å². The topological polar surface area (TPSA) is 55.8 Å². The summed E-state index contributed by atoms with van der Waals surface area (Å²) >= 11 is 0.989. The summed E-state index contributed by atoms with van der Waals surface area (Å²) in [7, 11) is 0. The van der Waals surface area contributed by atoms with Crippen molar-refractivity contribution in [1.29, 1.82) is 0 Å². The third-order valence-corrected chi connectivity index (χ3v) is 4.79. The number of imide groups is 1. The van der Waals surface area contributed by atoms with Crippen LogP contribution in [0.5, 0.6) is 11.5 Å². The van der Waals surface area contributed by atoms with E-state index in [1.54, 1.807) is 6.08 Å². The number of rotatable bonds is 3. The molecule has 1 aromatic rings. The predicted octanol–water partition coefficient (Wildman–Crippen LogP) is 3.56. The third kappa shape index (κ3) is 2.47. The van der Waals surface area contributed by atoms with Crippen molar-refractivity contribution in [2.45, 2.75) is 33.2 Å². The molecule has 22 heavy (non-hydrogen) atoms. The Balaban J connectivity index is 1.93. The van der Waals surface area contributed by atoms with Crippen molar-refractivity contribution in [3.05, 3.63) is 28.2 Å². The summed E-state index contributed by atoms with van der Waals surface area (Å²) in [5.74, 6) is 1.15. The van der Waals surface area contributed by atoms with Crippen molar-refractivity contribution >= 4 is 29.0 Å². The van der Waals surface area contributed by atoms with Crippen LogP contribution >= 0.6 is 11.8 Å². The van der Waals surface area contributed by atoms with Gasteiger partial charge in [-0.3, -0.25) is 14.5 Å². The molecule has 116 valence electrons. The highest BCUT2D eigenvalue weighted by Gasteiger charge is 2.37. The van der Waals surface area contributed by atoms with Crippen LogP contribution in [0.25, 0.3) is 6.08 Å². The van der Waals surface area contributed by atoms with E-state index in [1.807, 2.05) is 32.9 Å². The molecule has 0 spiro atoms. The van der Waals surface area contributed by atoms with Crippen LogP contribution in [-0.4, -0.2) is 28.9 Å². The SMILES string of the molecule is CC[C@@H](C)N1C(=O)S/C(=C/c2cc3c(cc2C)OCO3)C1=O. The molecule has 1 aromatic carbocycles. The van der Waals surface area contributed by atoms with E-state index in [2.05, 4.69) is 0 Å². The zero-order valence-electron chi connectivity index (χ0n) is 12.7. The minimum Gasteiger partial charge on any atom is -0.454 e. The summed E-state index contributed by atoms with van der Waals surface area (Å²) in [6.07, 6.45) is 2.50. The molecule has 0 bridgehead atoms. The molecule has 2 aliphatic rings. The second-order valence-electron chi connectivity index (χ2n) is 5.37. The van der Waals surface area contributed by atoms with E-state index in [-0.39, 0.29) is 24.0 Å². The van der Waals surface area contributed by atoms with Gasteiger partial charge in [-0.25, -0.2) is 0 Å². The lowest BCUT2D eigenvalue weighted by Gasteiger charge is -2.19. The van der Waals surface area contributed by atoms with E-state index in [1.165, 1.54) is 4.90 Å². The number of carbonyl (C=O) groups is 2. The van der Waals surface area contributed by atoms with Crippen molar-refractivity contribution < 1.29 is 19.1 Å². The largest absolute Gasteiger partial charge is 0.454 e. The van der Waals surface area contributed by atoms with Crippen LogP contribution in [0.1, 0.15) is 31.4 Å². The van der Waals surface area contributed by atoms with Gasteiger partial charge in [-0.15, -0.1) is 0 Å². The number of carbonyl (C=O) groups excluding carboxylic acids is 2. The molecule has 0 saturated carbocycles. The van der Waals surface area contributed by atoms with Gasteiger partial charge in [-0.1, -0.05) is 6.92 Å². The van der Waals surface area contributed by atoms with Crippen LogP contribution in [0.3, 0.4) is 0 Å². The Bertz CT molecular complexity index is 683. The van der Waals surface area contributed by atoms with Crippen LogP contribution in [0, 0.1) is 6.92 Å². The van der Waals surface area contributed by atoms with Crippen molar-refractivity contribution in [2.75, 3.05) is 6.79 Å². The molecule has 3 rings (SSSR count). The second kappa shape index (κ2) is 5.68. The zero-order valence-corrected chi connectivity index (χ0v) is 13.5. The highest BCUT2D eigenvalue weighted by molar-refractivity contribution is 8.18. The number of hydrogen-bond acceptors (Lipinski definition) is 5. The molecule has 1 saturated heterocycles. The number of aryl methyl sites for hydroxylation is 1. The maximum Gasteiger partial charge on any atom is 0.293 e. The fourth-order valence-corrected chi connectivity index (χ4v) is 3.32. The maximum atomic E-state index is 12.4. The summed E-state index contributed by atoms with van der Waals surface area (Å²) in [5.41, 5.74) is 1.83. The van der Waals surface area contributed by atoms with Gasteiger partial charge in [0, 0.05) is 6.04 Å². The van der Waals surface area contributed by atoms with Crippen molar-refractivity contribution in [3.63, 3.8) is 0 Å². The number of fused-ring (bicyclic) bond motifs is 1. The first-order valence-corrected chi connectivity index (χ1v) is 8.00. The first-order chi connectivity index (χ1) is 10.5. The lowest BCUT2D eigenvalue weighted by atomic mass is 10.1. The van der Waals surface area contributed by atoms with Crippen LogP contribution in [-0.2, 0) is 4.79 Å². The van der Waals surface area contributed by atoms with Gasteiger partial charge in [-0.05, 0) is 61.4 Å². The van der Waals surface area contributed by atoms with Crippen molar-refractivity contribution in [3.8, 4) is 11.5 Å². The fourth-order valence-electron chi connectivity index (χ4n) is 2.40. The fraction of sp³-hybridized carbons (Fsp3) is 0.375. The molecule has 0 aliphatic carbocycles. The summed E-state index contributed by atoms with van der Waals surface area (Å²) < 4.78 is 10.7. The van der Waals surface area contributed by atoms with E-state index >= 15 is 0 Å². The predicted molar refractivity (Wildman–Crippen MR) is 84.9 cm³/mol. The van der Waals surface area contributed by atoms with Crippen LogP contribution in [0.2, 0.25) is 0 Å². The first-order valence-electron chi connectivity index (χ1n) is 7.18. The lowest BCUT2D eigenvalue weighted by molar-refractivity contribution is -0.124. The summed E-state index contributed by atoms with van der Waals surface area (Å²) in [4.78, 5) is 26.2. The van der Waals surface area contributed by atoms with Gasteiger partial charge in [-0.2, -0.15) is 0 Å². The summed E-state index contributed by atoms with van der Waals surface area (Å²) in [5, 5.41) is -0.205. The molecule has 2 aliphatic heterocycles. The Morgan fingerprint density at radius 1 is 1.32 bits per heavy atom. The molecule has 0 radical (unpaired) electrons. The number of nitrogens with zero attached hydrogens (tertiary/aromatic N) is 1. The molecule has 6 heteroatoms. The standard InChI is InChI=1S/C16H17NO4S/c1-4-10(3)17-15(18)14(22-16(17)19)7-11-6-13-12(5-9(11)2)20-8-21-13/h5-7,10H,4,8H2,1-3H3/b14-7+/t10-/m1/s1. The van der Waals surface area contributed by atoms with Gasteiger partial charge in [0.25, 0.3) is 11.1 Å². The Morgan fingerprint density at radius 2 is 2.00 bits per heavy atom. The molecule has 0 unspecified atom stereocenters. The van der Waals surface area contributed by atoms with Crippen molar-refractivity contribution in [1.82, 2.24) is 4.90 Å². The minimum atomic E-state index is -0.221. The average molecular weight is 319 g/mol. The van der Waals surface area contributed by atoms with Crippen molar-refractivity contribution in [2.24, 2.45) is 0 Å². The van der Waals surface area contributed by atoms with E-state index in [4.69, 9.17) is 9.47 Å². The van der Waals surface area contributed by atoms with Gasteiger partial charge < -0.3 is 9.47 Å². The number of benzene rings is 1. The van der Waals surface area contributed by atoms with Crippen LogP contribution < -0.4 is 9.47 Å². The quantitative estimate of drug-likeness (QED) is 0.797. The summed E-state index contributed by atoms with van der Waals surface area (Å²) in [6.45, 7) is 5.99. The maximum absolute atomic E-state index is 12.4. The Kier molecular flexibility index (Phi) is 3.87. The molecular formula is C16H17NO4S. The van der Waals surface area contributed by atoms with Crippen LogP contribution in [0.15, 0.2) is 17.0 Å². The van der Waals surface area contributed by atoms with Crippen LogP contribution in [0.4, 0.5) is 4.79 Å². The summed E-state index contributed by atoms with van der Waals surface area (Å²) in [6, 6.07) is 3.64.